The van der Waals surface area contributed by atoms with Crippen molar-refractivity contribution in [1.82, 2.24) is 0 Å². The summed E-state index contributed by atoms with van der Waals surface area (Å²) in [5.74, 6) is 1.49. The summed E-state index contributed by atoms with van der Waals surface area (Å²) in [7, 11) is -2.99. The van der Waals surface area contributed by atoms with E-state index in [0.29, 0.717) is 19.4 Å². The zero-order chi connectivity index (χ0) is 21.5. The summed E-state index contributed by atoms with van der Waals surface area (Å²) in [6, 6.07) is 20.4. The van der Waals surface area contributed by atoms with Crippen LogP contribution in [-0.2, 0) is 4.43 Å². The van der Waals surface area contributed by atoms with Gasteiger partial charge in [-0.05, 0) is 49.6 Å². The fourth-order valence-electron chi connectivity index (χ4n) is 4.63. The van der Waals surface area contributed by atoms with E-state index < -0.39 is 19.0 Å². The van der Waals surface area contributed by atoms with Crippen LogP contribution in [0.25, 0.3) is 0 Å². The first-order valence-electron chi connectivity index (χ1n) is 11.2. The van der Waals surface area contributed by atoms with Gasteiger partial charge >= 0.3 is 8.32 Å². The first-order valence-corrected chi connectivity index (χ1v) is 13.3. The normalized spacial score (nSPS) is 23.2. The Balaban J connectivity index is 2.08. The molecular formula is C24H36N2O3Si. The Morgan fingerprint density at radius 3 is 1.63 bits per heavy atom. The molecule has 0 aliphatic carbocycles. The Morgan fingerprint density at radius 1 is 0.800 bits per heavy atom. The van der Waals surface area contributed by atoms with Gasteiger partial charge in [0.1, 0.15) is 11.5 Å². The average Bonchev–Trinajstić information content (AvgIpc) is 2.76. The zero-order valence-electron chi connectivity index (χ0n) is 18.3. The van der Waals surface area contributed by atoms with Gasteiger partial charge in [-0.2, -0.15) is 0 Å². The first kappa shape index (κ1) is 22.8. The molecule has 0 spiro atoms. The fourth-order valence-corrected chi connectivity index (χ4v) is 9.94. The largest absolute Gasteiger partial charge is 0.473 e. The van der Waals surface area contributed by atoms with E-state index in [9.17, 15) is 0 Å². The van der Waals surface area contributed by atoms with Crippen molar-refractivity contribution < 1.29 is 13.9 Å². The third kappa shape index (κ3) is 4.57. The molecule has 0 amide bonds. The van der Waals surface area contributed by atoms with Gasteiger partial charge in [0.05, 0.1) is 0 Å². The smallest absolute Gasteiger partial charge is 0.319 e. The van der Waals surface area contributed by atoms with Crippen molar-refractivity contribution >= 4 is 8.32 Å². The van der Waals surface area contributed by atoms with Gasteiger partial charge in [-0.1, -0.05) is 69.5 Å². The highest BCUT2D eigenvalue weighted by Crippen LogP contribution is 2.43. The van der Waals surface area contributed by atoms with E-state index in [1.54, 1.807) is 0 Å². The van der Waals surface area contributed by atoms with E-state index in [4.69, 9.17) is 25.4 Å². The van der Waals surface area contributed by atoms with Crippen LogP contribution < -0.4 is 20.9 Å². The van der Waals surface area contributed by atoms with Crippen LogP contribution >= 0.6 is 0 Å². The molecule has 30 heavy (non-hydrogen) atoms. The molecule has 5 nitrogen and oxygen atoms in total. The predicted octanol–water partition coefficient (Wildman–Crippen LogP) is 4.89. The Bertz CT molecular complexity index is 711. The van der Waals surface area contributed by atoms with Crippen LogP contribution in [0.5, 0.6) is 11.5 Å². The SMILES string of the molecule is CCCC(N)(Oc1ccccc1)[Si]1(C(N)(CCC)Oc2ccccc2)CCCCO1. The van der Waals surface area contributed by atoms with Crippen molar-refractivity contribution in [2.75, 3.05) is 6.61 Å². The molecule has 2 unspecified atom stereocenters. The minimum absolute atomic E-state index is 0.647. The van der Waals surface area contributed by atoms with Crippen LogP contribution in [0.3, 0.4) is 0 Å². The number of hydrogen-bond donors (Lipinski definition) is 2. The number of nitrogens with two attached hydrogens (primary N) is 2. The zero-order valence-corrected chi connectivity index (χ0v) is 19.3. The Hall–Kier alpha value is -1.86. The van der Waals surface area contributed by atoms with Crippen LogP contribution in [-0.4, -0.2) is 25.6 Å². The van der Waals surface area contributed by atoms with Crippen LogP contribution in [0.4, 0.5) is 0 Å². The predicted molar refractivity (Wildman–Crippen MR) is 124 cm³/mol. The summed E-state index contributed by atoms with van der Waals surface area (Å²) in [5.41, 5.74) is 14.3. The van der Waals surface area contributed by atoms with Crippen LogP contribution in [0, 0.1) is 0 Å². The Kier molecular flexibility index (Phi) is 7.58. The van der Waals surface area contributed by atoms with Gasteiger partial charge in [0, 0.05) is 6.61 Å². The maximum absolute atomic E-state index is 7.17. The third-order valence-electron chi connectivity index (χ3n) is 5.97. The molecule has 0 aromatic heterocycles. The fraction of sp³-hybridized carbons (Fsp3) is 0.500. The second kappa shape index (κ2) is 9.96. The van der Waals surface area contributed by atoms with Crippen molar-refractivity contribution in [3.8, 4) is 11.5 Å². The molecule has 0 radical (unpaired) electrons. The molecule has 2 aromatic rings. The van der Waals surface area contributed by atoms with Crippen LogP contribution in [0.2, 0.25) is 6.04 Å². The molecule has 164 valence electrons. The average molecular weight is 429 g/mol. The maximum atomic E-state index is 7.17. The van der Waals surface area contributed by atoms with Crippen molar-refractivity contribution in [3.05, 3.63) is 60.7 Å². The summed E-state index contributed by atoms with van der Waals surface area (Å²) in [5, 5.41) is -2.00. The van der Waals surface area contributed by atoms with E-state index in [1.165, 1.54) is 0 Å². The summed E-state index contributed by atoms with van der Waals surface area (Å²) in [6.07, 6.45) is 5.09. The quantitative estimate of drug-likeness (QED) is 0.416. The van der Waals surface area contributed by atoms with Gasteiger partial charge in [-0.25, -0.2) is 0 Å². The maximum Gasteiger partial charge on any atom is 0.319 e. The number of para-hydroxylation sites is 2. The van der Waals surface area contributed by atoms with Crippen molar-refractivity contribution in [2.24, 2.45) is 11.5 Å². The summed E-state index contributed by atoms with van der Waals surface area (Å²) < 4.78 is 19.8. The third-order valence-corrected chi connectivity index (χ3v) is 11.2. The van der Waals surface area contributed by atoms with Crippen LogP contribution in [0.15, 0.2) is 60.7 Å². The van der Waals surface area contributed by atoms with Gasteiger partial charge in [-0.3, -0.25) is 11.5 Å². The number of benzene rings is 2. The highest BCUT2D eigenvalue weighted by molar-refractivity contribution is 6.79. The van der Waals surface area contributed by atoms with Crippen molar-refractivity contribution in [2.45, 2.75) is 69.1 Å². The van der Waals surface area contributed by atoms with Gasteiger partial charge in [0.25, 0.3) is 0 Å². The first-order chi connectivity index (χ1) is 14.5. The molecule has 1 heterocycles. The summed E-state index contributed by atoms with van der Waals surface area (Å²) in [6.45, 7) is 4.89. The lowest BCUT2D eigenvalue weighted by Crippen LogP contribution is -2.84. The van der Waals surface area contributed by atoms with Gasteiger partial charge in [0.15, 0.2) is 10.7 Å². The van der Waals surface area contributed by atoms with E-state index >= 15 is 0 Å². The Labute approximate surface area is 181 Å². The van der Waals surface area contributed by atoms with E-state index in [-0.39, 0.29) is 0 Å². The minimum atomic E-state index is -2.99. The summed E-state index contributed by atoms with van der Waals surface area (Å²) in [4.78, 5) is 0. The lowest BCUT2D eigenvalue weighted by Gasteiger charge is -2.55. The Morgan fingerprint density at radius 2 is 1.27 bits per heavy atom. The lowest BCUT2D eigenvalue weighted by molar-refractivity contribution is 0.0333. The van der Waals surface area contributed by atoms with Gasteiger partial charge < -0.3 is 13.9 Å². The number of rotatable bonds is 10. The van der Waals surface area contributed by atoms with E-state index in [0.717, 1.165) is 43.2 Å². The molecule has 0 bridgehead atoms. The molecule has 0 saturated carbocycles. The molecule has 1 fully saturated rings. The topological polar surface area (TPSA) is 79.7 Å². The summed E-state index contributed by atoms with van der Waals surface area (Å²) >= 11 is 0. The molecule has 1 saturated heterocycles. The lowest BCUT2D eigenvalue weighted by atomic mass is 10.3. The molecule has 4 N–H and O–H groups in total. The molecular weight excluding hydrogens is 392 g/mol. The number of hydrogen-bond acceptors (Lipinski definition) is 5. The van der Waals surface area contributed by atoms with E-state index in [2.05, 4.69) is 13.8 Å². The highest BCUT2D eigenvalue weighted by Gasteiger charge is 2.68. The van der Waals surface area contributed by atoms with Gasteiger partial charge in [0.2, 0.25) is 0 Å². The van der Waals surface area contributed by atoms with Gasteiger partial charge in [-0.15, -0.1) is 0 Å². The molecule has 3 rings (SSSR count). The number of ether oxygens (including phenoxy) is 2. The second-order valence-electron chi connectivity index (χ2n) is 8.24. The minimum Gasteiger partial charge on any atom is -0.473 e. The van der Waals surface area contributed by atoms with E-state index in [1.807, 2.05) is 60.7 Å². The highest BCUT2D eigenvalue weighted by atomic mass is 28.4. The van der Waals surface area contributed by atoms with Crippen LogP contribution in [0.1, 0.15) is 52.4 Å². The standard InChI is InChI=1S/C24H36N2O3Si/c1-3-17-23(25,28-21-13-7-5-8-14-21)30(20-12-11-19-27-30)24(26,18-4-2)29-22-15-9-6-10-16-22/h5-10,13-16H,3-4,11-12,17-20,25-26H2,1-2H3. The molecule has 2 aromatic carbocycles. The molecule has 1 aliphatic rings. The van der Waals surface area contributed by atoms with Crippen molar-refractivity contribution in [3.63, 3.8) is 0 Å². The van der Waals surface area contributed by atoms with Crippen molar-refractivity contribution in [1.29, 1.82) is 0 Å². The monoisotopic (exact) mass is 428 g/mol. The molecule has 2 atom stereocenters. The molecule has 1 aliphatic heterocycles. The molecule has 6 heteroatoms. The second-order valence-corrected chi connectivity index (χ2v) is 12.4.